The third-order valence-electron chi connectivity index (χ3n) is 3.55. The van der Waals surface area contributed by atoms with Crippen molar-refractivity contribution in [1.82, 2.24) is 15.8 Å². The van der Waals surface area contributed by atoms with Crippen LogP contribution in [0.15, 0.2) is 33.8 Å². The number of alkyl halides is 2. The number of halogens is 3. The summed E-state index contributed by atoms with van der Waals surface area (Å²) in [7, 11) is 3.11. The average molecular weight is 496 g/mol. The van der Waals surface area contributed by atoms with Crippen molar-refractivity contribution in [3.05, 3.63) is 41.3 Å². The van der Waals surface area contributed by atoms with E-state index in [1.807, 2.05) is 13.0 Å². The number of hydrogen-bond acceptors (Lipinski definition) is 5. The summed E-state index contributed by atoms with van der Waals surface area (Å²) < 4.78 is 40.0. The topological polar surface area (TPSA) is 80.9 Å². The first-order valence-electron chi connectivity index (χ1n) is 8.06. The SMILES string of the molecule is CCc1cc(CNC(=NC)NCc2cc(OC)ccc2OC(F)F)on1.I. The molecular formula is C17H23F2IN4O3. The molecule has 0 bridgehead atoms. The molecule has 0 aliphatic heterocycles. The molecule has 0 radical (unpaired) electrons. The van der Waals surface area contributed by atoms with E-state index in [1.54, 1.807) is 19.2 Å². The number of nitrogens with one attached hydrogen (secondary N) is 2. The molecule has 0 saturated heterocycles. The zero-order valence-corrected chi connectivity index (χ0v) is 17.6. The molecular weight excluding hydrogens is 473 g/mol. The van der Waals surface area contributed by atoms with Gasteiger partial charge in [0.15, 0.2) is 11.7 Å². The van der Waals surface area contributed by atoms with Crippen LogP contribution in [0.3, 0.4) is 0 Å². The highest BCUT2D eigenvalue weighted by molar-refractivity contribution is 14.0. The van der Waals surface area contributed by atoms with Crippen molar-refractivity contribution in [2.75, 3.05) is 14.2 Å². The smallest absolute Gasteiger partial charge is 0.387 e. The van der Waals surface area contributed by atoms with Gasteiger partial charge in [0.1, 0.15) is 11.5 Å². The number of nitrogens with zero attached hydrogens (tertiary/aromatic N) is 2. The quantitative estimate of drug-likeness (QED) is 0.332. The van der Waals surface area contributed by atoms with E-state index in [-0.39, 0.29) is 36.3 Å². The largest absolute Gasteiger partial charge is 0.497 e. The van der Waals surface area contributed by atoms with Crippen molar-refractivity contribution in [2.45, 2.75) is 33.0 Å². The molecule has 0 saturated carbocycles. The van der Waals surface area contributed by atoms with Gasteiger partial charge >= 0.3 is 6.61 Å². The molecule has 0 atom stereocenters. The van der Waals surface area contributed by atoms with Crippen molar-refractivity contribution in [1.29, 1.82) is 0 Å². The Morgan fingerprint density at radius 1 is 1.26 bits per heavy atom. The summed E-state index contributed by atoms with van der Waals surface area (Å²) in [6.07, 6.45) is 0.791. The van der Waals surface area contributed by atoms with Gasteiger partial charge in [-0.2, -0.15) is 8.78 Å². The van der Waals surface area contributed by atoms with Gasteiger partial charge in [0, 0.05) is 25.2 Å². The van der Waals surface area contributed by atoms with Crippen LogP contribution in [0.4, 0.5) is 8.78 Å². The fraction of sp³-hybridized carbons (Fsp3) is 0.412. The normalized spacial score (nSPS) is 11.1. The molecule has 0 aliphatic carbocycles. The number of rotatable bonds is 8. The Morgan fingerprint density at radius 3 is 2.59 bits per heavy atom. The van der Waals surface area contributed by atoms with Crippen LogP contribution in [0.2, 0.25) is 0 Å². The van der Waals surface area contributed by atoms with Crippen LogP contribution < -0.4 is 20.1 Å². The number of hydrogen-bond donors (Lipinski definition) is 2. The van der Waals surface area contributed by atoms with Gasteiger partial charge in [-0.15, -0.1) is 24.0 Å². The minimum atomic E-state index is -2.90. The molecule has 1 heterocycles. The molecule has 0 amide bonds. The third-order valence-corrected chi connectivity index (χ3v) is 3.55. The van der Waals surface area contributed by atoms with E-state index in [4.69, 9.17) is 9.26 Å². The van der Waals surface area contributed by atoms with Gasteiger partial charge in [-0.1, -0.05) is 12.1 Å². The third kappa shape index (κ3) is 7.19. The van der Waals surface area contributed by atoms with Crippen molar-refractivity contribution in [3.63, 3.8) is 0 Å². The monoisotopic (exact) mass is 496 g/mol. The summed E-state index contributed by atoms with van der Waals surface area (Å²) in [5, 5.41) is 10.0. The Morgan fingerprint density at radius 2 is 2.00 bits per heavy atom. The van der Waals surface area contributed by atoms with E-state index in [0.717, 1.165) is 12.1 Å². The number of benzene rings is 1. The fourth-order valence-electron chi connectivity index (χ4n) is 2.21. The van der Waals surface area contributed by atoms with Crippen LogP contribution in [0.25, 0.3) is 0 Å². The van der Waals surface area contributed by atoms with E-state index < -0.39 is 6.61 Å². The van der Waals surface area contributed by atoms with Crippen molar-refractivity contribution >= 4 is 29.9 Å². The highest BCUT2D eigenvalue weighted by Crippen LogP contribution is 2.25. The molecule has 0 fully saturated rings. The Bertz CT molecular complexity index is 741. The molecule has 1 aromatic heterocycles. The minimum absolute atomic E-state index is 0. The molecule has 2 rings (SSSR count). The molecule has 10 heteroatoms. The van der Waals surface area contributed by atoms with E-state index in [0.29, 0.717) is 29.6 Å². The second-order valence-electron chi connectivity index (χ2n) is 5.27. The average Bonchev–Trinajstić information content (AvgIpc) is 3.10. The number of ether oxygens (including phenoxy) is 2. The Kier molecular flexibility index (Phi) is 9.83. The first-order chi connectivity index (χ1) is 12.5. The maximum atomic E-state index is 12.6. The zero-order valence-electron chi connectivity index (χ0n) is 15.3. The second kappa shape index (κ2) is 11.6. The molecule has 150 valence electrons. The standard InChI is InChI=1S/C17H22F2N4O3.HI/c1-4-12-8-14(26-23-12)10-22-17(20-2)21-9-11-7-13(24-3)5-6-15(11)25-16(18)19;/h5-8,16H,4,9-10H2,1-3H3,(H2,20,21,22);1H. The summed E-state index contributed by atoms with van der Waals surface area (Å²) in [5.74, 6) is 1.77. The maximum absolute atomic E-state index is 12.6. The summed E-state index contributed by atoms with van der Waals surface area (Å²) in [5.41, 5.74) is 1.38. The molecule has 2 N–H and O–H groups in total. The molecule has 0 spiro atoms. The summed E-state index contributed by atoms with van der Waals surface area (Å²) in [6.45, 7) is -0.303. The molecule has 2 aromatic rings. The van der Waals surface area contributed by atoms with Crippen molar-refractivity contribution < 1.29 is 22.8 Å². The lowest BCUT2D eigenvalue weighted by Crippen LogP contribution is -2.36. The first-order valence-corrected chi connectivity index (χ1v) is 8.06. The summed E-state index contributed by atoms with van der Waals surface area (Å²) >= 11 is 0. The number of aromatic nitrogens is 1. The number of guanidine groups is 1. The van der Waals surface area contributed by atoms with Gasteiger partial charge in [0.05, 0.1) is 19.3 Å². The van der Waals surface area contributed by atoms with E-state index in [1.165, 1.54) is 13.2 Å². The van der Waals surface area contributed by atoms with Gasteiger partial charge in [-0.05, 0) is 24.6 Å². The van der Waals surface area contributed by atoms with E-state index in [2.05, 4.69) is 25.5 Å². The van der Waals surface area contributed by atoms with Gasteiger partial charge < -0.3 is 24.6 Å². The first kappa shape index (κ1) is 22.9. The Hall–Kier alpha value is -2.11. The van der Waals surface area contributed by atoms with Crippen LogP contribution in [-0.4, -0.2) is 31.9 Å². The molecule has 7 nitrogen and oxygen atoms in total. The van der Waals surface area contributed by atoms with Crippen LogP contribution in [-0.2, 0) is 19.5 Å². The maximum Gasteiger partial charge on any atom is 0.387 e. The van der Waals surface area contributed by atoms with Crippen molar-refractivity contribution in [3.8, 4) is 11.5 Å². The lowest BCUT2D eigenvalue weighted by molar-refractivity contribution is -0.0504. The Balaban J connectivity index is 0.00000364. The molecule has 27 heavy (non-hydrogen) atoms. The molecule has 0 aliphatic rings. The van der Waals surface area contributed by atoms with Crippen molar-refractivity contribution in [2.24, 2.45) is 4.99 Å². The summed E-state index contributed by atoms with van der Waals surface area (Å²) in [6, 6.07) is 6.49. The minimum Gasteiger partial charge on any atom is -0.497 e. The predicted octanol–water partition coefficient (Wildman–Crippen LogP) is 3.33. The van der Waals surface area contributed by atoms with Crippen LogP contribution >= 0.6 is 24.0 Å². The van der Waals surface area contributed by atoms with Gasteiger partial charge in [-0.25, -0.2) is 0 Å². The predicted molar refractivity (Wildman–Crippen MR) is 108 cm³/mol. The Labute approximate surface area is 173 Å². The number of methoxy groups -OCH3 is 1. The molecule has 1 aromatic carbocycles. The van der Waals surface area contributed by atoms with Gasteiger partial charge in [-0.3, -0.25) is 4.99 Å². The van der Waals surface area contributed by atoms with E-state index >= 15 is 0 Å². The highest BCUT2D eigenvalue weighted by atomic mass is 127. The van der Waals surface area contributed by atoms with Crippen LogP contribution in [0.5, 0.6) is 11.5 Å². The van der Waals surface area contributed by atoms with Crippen LogP contribution in [0.1, 0.15) is 23.9 Å². The van der Waals surface area contributed by atoms with E-state index in [9.17, 15) is 8.78 Å². The number of aryl methyl sites for hydroxylation is 1. The highest BCUT2D eigenvalue weighted by Gasteiger charge is 2.12. The number of aliphatic imine (C=N–C) groups is 1. The fourth-order valence-corrected chi connectivity index (χ4v) is 2.21. The lowest BCUT2D eigenvalue weighted by Gasteiger charge is -2.15. The van der Waals surface area contributed by atoms with Gasteiger partial charge in [0.25, 0.3) is 0 Å². The zero-order chi connectivity index (χ0) is 18.9. The van der Waals surface area contributed by atoms with Crippen LogP contribution in [0, 0.1) is 0 Å². The lowest BCUT2D eigenvalue weighted by atomic mass is 10.2. The van der Waals surface area contributed by atoms with Gasteiger partial charge in [0.2, 0.25) is 0 Å². The second-order valence-corrected chi connectivity index (χ2v) is 5.27. The summed E-state index contributed by atoms with van der Waals surface area (Å²) in [4.78, 5) is 4.09. The molecule has 0 unspecified atom stereocenters.